The van der Waals surface area contributed by atoms with Gasteiger partial charge in [-0.3, -0.25) is 9.59 Å². The molecular formula is C19H19ClN2O5. The Morgan fingerprint density at radius 3 is 2.52 bits per heavy atom. The summed E-state index contributed by atoms with van der Waals surface area (Å²) in [6.07, 6.45) is -0.535. The number of fused-ring (bicyclic) bond motifs is 1. The maximum absolute atomic E-state index is 11.8. The third-order valence-electron chi connectivity index (χ3n) is 4.06. The maximum atomic E-state index is 11.8. The van der Waals surface area contributed by atoms with Crippen molar-refractivity contribution in [3.05, 3.63) is 58.6 Å². The zero-order valence-electron chi connectivity index (χ0n) is 14.4. The summed E-state index contributed by atoms with van der Waals surface area (Å²) in [5.74, 6) is -0.266. The highest BCUT2D eigenvalue weighted by molar-refractivity contribution is 6.35. The molecule has 27 heavy (non-hydrogen) atoms. The van der Waals surface area contributed by atoms with E-state index >= 15 is 0 Å². The zero-order valence-corrected chi connectivity index (χ0v) is 15.2. The lowest BCUT2D eigenvalue weighted by molar-refractivity contribution is -0.139. The molecule has 2 aromatic carbocycles. The van der Waals surface area contributed by atoms with Crippen molar-refractivity contribution in [2.45, 2.75) is 19.1 Å². The summed E-state index contributed by atoms with van der Waals surface area (Å²) in [7, 11) is 0. The number of nitrogens with one attached hydrogen (secondary N) is 2. The molecule has 1 aliphatic heterocycles. The Labute approximate surface area is 161 Å². The minimum absolute atomic E-state index is 0.156. The highest BCUT2D eigenvalue weighted by Gasteiger charge is 2.17. The van der Waals surface area contributed by atoms with Crippen molar-refractivity contribution in [1.82, 2.24) is 10.6 Å². The molecule has 3 N–H and O–H groups in total. The molecule has 8 heteroatoms. The number of carbonyl (C=O) groups is 2. The predicted molar refractivity (Wildman–Crippen MR) is 98.5 cm³/mol. The van der Waals surface area contributed by atoms with Crippen molar-refractivity contribution in [3.63, 3.8) is 0 Å². The summed E-state index contributed by atoms with van der Waals surface area (Å²) in [5.41, 5.74) is 1.49. The Bertz CT molecular complexity index is 825. The van der Waals surface area contributed by atoms with Gasteiger partial charge in [-0.15, -0.1) is 0 Å². The van der Waals surface area contributed by atoms with E-state index in [1.54, 1.807) is 42.5 Å². The number of ether oxygens (including phenoxy) is 2. The number of aliphatic hydroxyl groups is 1. The first kappa shape index (κ1) is 19.0. The molecular weight excluding hydrogens is 372 g/mol. The van der Waals surface area contributed by atoms with Crippen LogP contribution in [0.5, 0.6) is 11.5 Å². The normalized spacial score (nSPS) is 13.1. The Morgan fingerprint density at radius 1 is 1.04 bits per heavy atom. The van der Waals surface area contributed by atoms with E-state index in [2.05, 4.69) is 10.6 Å². The fourth-order valence-electron chi connectivity index (χ4n) is 2.55. The van der Waals surface area contributed by atoms with Crippen LogP contribution < -0.4 is 20.1 Å². The Hall–Kier alpha value is -2.77. The molecule has 0 aliphatic carbocycles. The van der Waals surface area contributed by atoms with Crippen LogP contribution >= 0.6 is 11.6 Å². The number of carbonyl (C=O) groups excluding carboxylic acids is 2. The van der Waals surface area contributed by atoms with Crippen LogP contribution in [0.3, 0.4) is 0 Å². The van der Waals surface area contributed by atoms with E-state index in [9.17, 15) is 14.7 Å². The third-order valence-corrected chi connectivity index (χ3v) is 4.31. The topological polar surface area (TPSA) is 96.9 Å². The van der Waals surface area contributed by atoms with Gasteiger partial charge in [0, 0.05) is 18.1 Å². The summed E-state index contributed by atoms with van der Waals surface area (Å²) >= 11 is 5.79. The highest BCUT2D eigenvalue weighted by Crippen LogP contribution is 2.34. The first-order valence-electron chi connectivity index (χ1n) is 8.41. The lowest BCUT2D eigenvalue weighted by atomic mass is 10.1. The quantitative estimate of drug-likeness (QED) is 0.655. The second-order valence-electron chi connectivity index (χ2n) is 5.98. The molecule has 1 aliphatic rings. The van der Waals surface area contributed by atoms with Crippen molar-refractivity contribution in [1.29, 1.82) is 0 Å². The van der Waals surface area contributed by atoms with Crippen molar-refractivity contribution in [3.8, 4) is 11.5 Å². The van der Waals surface area contributed by atoms with Crippen molar-refractivity contribution in [2.75, 3.05) is 13.3 Å². The predicted octanol–water partition coefficient (Wildman–Crippen LogP) is 1.92. The van der Waals surface area contributed by atoms with Crippen molar-refractivity contribution >= 4 is 23.4 Å². The van der Waals surface area contributed by atoms with E-state index in [-0.39, 0.29) is 26.3 Å². The molecule has 0 saturated heterocycles. The summed E-state index contributed by atoms with van der Waals surface area (Å²) < 4.78 is 10.5. The Morgan fingerprint density at radius 2 is 1.74 bits per heavy atom. The van der Waals surface area contributed by atoms with Crippen LogP contribution in [0.4, 0.5) is 0 Å². The molecule has 7 nitrogen and oxygen atoms in total. The third kappa shape index (κ3) is 5.12. The molecule has 0 radical (unpaired) electrons. The lowest BCUT2D eigenvalue weighted by Gasteiger charge is -2.12. The van der Waals surface area contributed by atoms with E-state index in [0.29, 0.717) is 22.1 Å². The summed E-state index contributed by atoms with van der Waals surface area (Å²) in [4.78, 5) is 23.6. The number of hydrogen-bond acceptors (Lipinski definition) is 5. The second kappa shape index (κ2) is 8.75. The Kier molecular flexibility index (Phi) is 6.16. The van der Waals surface area contributed by atoms with Crippen LogP contribution in [0.2, 0.25) is 5.02 Å². The van der Waals surface area contributed by atoms with Gasteiger partial charge in [0.25, 0.3) is 0 Å². The average Bonchev–Trinajstić information content (AvgIpc) is 3.14. The van der Waals surface area contributed by atoms with Crippen molar-refractivity contribution in [2.24, 2.45) is 0 Å². The molecule has 0 spiro atoms. The van der Waals surface area contributed by atoms with Gasteiger partial charge in [-0.05, 0) is 41.8 Å². The fraction of sp³-hybridized carbons (Fsp3) is 0.263. The van der Waals surface area contributed by atoms with Gasteiger partial charge in [-0.1, -0.05) is 29.8 Å². The molecule has 0 fully saturated rings. The monoisotopic (exact) mass is 390 g/mol. The van der Waals surface area contributed by atoms with Crippen LogP contribution in [0.15, 0.2) is 42.5 Å². The maximum Gasteiger partial charge on any atom is 0.309 e. The lowest BCUT2D eigenvalue weighted by Crippen LogP contribution is -2.40. The molecule has 0 saturated carbocycles. The fourth-order valence-corrected chi connectivity index (χ4v) is 2.68. The molecule has 1 heterocycles. The van der Waals surface area contributed by atoms with E-state index < -0.39 is 17.9 Å². The molecule has 1 unspecified atom stereocenters. The molecule has 2 aromatic rings. The minimum Gasteiger partial charge on any atom is -0.454 e. The highest BCUT2D eigenvalue weighted by atomic mass is 35.5. The standard InChI is InChI=1S/C19H19ClN2O5/c20-14-4-1-12(2-5-14)10-22-19(25)18(24)21-8-7-15(23)13-3-6-16-17(9-13)27-11-26-16/h1-6,9,15,23H,7-8,10-11H2,(H,21,24)(H,22,25). The average molecular weight is 391 g/mol. The molecule has 142 valence electrons. The van der Waals surface area contributed by atoms with Gasteiger partial charge in [-0.2, -0.15) is 0 Å². The largest absolute Gasteiger partial charge is 0.454 e. The van der Waals surface area contributed by atoms with E-state index in [1.165, 1.54) is 0 Å². The molecule has 0 bridgehead atoms. The zero-order chi connectivity index (χ0) is 19.2. The SMILES string of the molecule is O=C(NCCC(O)c1ccc2c(c1)OCO2)C(=O)NCc1ccc(Cl)cc1. The van der Waals surface area contributed by atoms with E-state index in [4.69, 9.17) is 21.1 Å². The number of hydrogen-bond donors (Lipinski definition) is 3. The molecule has 3 rings (SSSR count). The number of benzene rings is 2. The van der Waals surface area contributed by atoms with Crippen molar-refractivity contribution < 1.29 is 24.2 Å². The smallest absolute Gasteiger partial charge is 0.309 e. The number of halogens is 1. The van der Waals surface area contributed by atoms with Crippen LogP contribution in [0.1, 0.15) is 23.7 Å². The summed E-state index contributed by atoms with van der Waals surface area (Å²) in [5, 5.41) is 15.8. The van der Waals surface area contributed by atoms with Crippen LogP contribution in [0, 0.1) is 0 Å². The number of aliphatic hydroxyl groups excluding tert-OH is 1. The van der Waals surface area contributed by atoms with Crippen LogP contribution in [0.25, 0.3) is 0 Å². The van der Waals surface area contributed by atoms with E-state index in [1.807, 2.05) is 0 Å². The first-order valence-corrected chi connectivity index (χ1v) is 8.79. The van der Waals surface area contributed by atoms with Gasteiger partial charge >= 0.3 is 11.8 Å². The van der Waals surface area contributed by atoms with Crippen LogP contribution in [-0.4, -0.2) is 30.3 Å². The van der Waals surface area contributed by atoms with Gasteiger partial charge in [0.2, 0.25) is 6.79 Å². The minimum atomic E-state index is -0.795. The van der Waals surface area contributed by atoms with E-state index in [0.717, 1.165) is 5.56 Å². The van der Waals surface area contributed by atoms with Gasteiger partial charge < -0.3 is 25.2 Å². The number of amides is 2. The number of rotatable bonds is 6. The summed E-state index contributed by atoms with van der Waals surface area (Å²) in [6.45, 7) is 0.544. The van der Waals surface area contributed by atoms with Gasteiger partial charge in [0.15, 0.2) is 11.5 Å². The first-order chi connectivity index (χ1) is 13.0. The second-order valence-corrected chi connectivity index (χ2v) is 6.42. The van der Waals surface area contributed by atoms with Crippen LogP contribution in [-0.2, 0) is 16.1 Å². The van der Waals surface area contributed by atoms with Gasteiger partial charge in [0.05, 0.1) is 6.10 Å². The summed E-state index contributed by atoms with van der Waals surface area (Å²) in [6, 6.07) is 12.1. The Balaban J connectivity index is 1.40. The molecule has 1 atom stereocenters. The molecule has 2 amide bonds. The van der Waals surface area contributed by atoms with Gasteiger partial charge in [0.1, 0.15) is 0 Å². The molecule has 0 aromatic heterocycles. The van der Waals surface area contributed by atoms with Gasteiger partial charge in [-0.25, -0.2) is 0 Å².